The van der Waals surface area contributed by atoms with Crippen molar-refractivity contribution in [1.29, 1.82) is 0 Å². The van der Waals surface area contributed by atoms with Gasteiger partial charge in [0, 0.05) is 11.8 Å². The van der Waals surface area contributed by atoms with Crippen LogP contribution in [0.4, 0.5) is 0 Å². The van der Waals surface area contributed by atoms with Crippen LogP contribution in [-0.4, -0.2) is 37.0 Å². The van der Waals surface area contributed by atoms with Gasteiger partial charge in [-0.3, -0.25) is 0 Å². The number of hydrogen-bond acceptors (Lipinski definition) is 3. The highest BCUT2D eigenvalue weighted by Gasteiger charge is 2.32. The molecular weight excluding hydrogens is 188 g/mol. The second-order valence-electron chi connectivity index (χ2n) is 2.88. The molecule has 1 N–H and O–H groups in total. The van der Waals surface area contributed by atoms with Crippen LogP contribution in [0.2, 0.25) is 0 Å². The molecule has 0 aromatic rings. The highest BCUT2D eigenvalue weighted by atomic mass is 35.5. The van der Waals surface area contributed by atoms with Crippen LogP contribution in [0.25, 0.3) is 0 Å². The molecule has 5 heteroatoms. The third kappa shape index (κ3) is 2.32. The SMILES string of the molecule is O=S1(=O)CCC(C(O)CCl)C1. The van der Waals surface area contributed by atoms with E-state index in [-0.39, 0.29) is 23.3 Å². The van der Waals surface area contributed by atoms with Crippen molar-refractivity contribution in [1.82, 2.24) is 0 Å². The summed E-state index contributed by atoms with van der Waals surface area (Å²) in [6.07, 6.45) is -0.107. The first-order valence-corrected chi connectivity index (χ1v) is 5.85. The molecule has 0 aliphatic carbocycles. The van der Waals surface area contributed by atoms with Gasteiger partial charge in [-0.2, -0.15) is 0 Å². The molecule has 0 aromatic heterocycles. The molecule has 1 rings (SSSR count). The zero-order valence-corrected chi connectivity index (χ0v) is 7.61. The molecule has 3 nitrogen and oxygen atoms in total. The van der Waals surface area contributed by atoms with E-state index < -0.39 is 15.9 Å². The van der Waals surface area contributed by atoms with Crippen molar-refractivity contribution in [3.05, 3.63) is 0 Å². The predicted octanol–water partition coefficient (Wildman–Crippen LogP) is 0.0208. The summed E-state index contributed by atoms with van der Waals surface area (Å²) in [5, 5.41) is 9.19. The molecule has 1 fully saturated rings. The van der Waals surface area contributed by atoms with Gasteiger partial charge >= 0.3 is 0 Å². The van der Waals surface area contributed by atoms with Crippen molar-refractivity contribution in [2.75, 3.05) is 17.4 Å². The van der Waals surface area contributed by atoms with E-state index in [2.05, 4.69) is 0 Å². The van der Waals surface area contributed by atoms with Crippen molar-refractivity contribution in [2.24, 2.45) is 5.92 Å². The Morgan fingerprint density at radius 3 is 2.64 bits per heavy atom. The smallest absolute Gasteiger partial charge is 0.150 e. The lowest BCUT2D eigenvalue weighted by molar-refractivity contribution is 0.142. The minimum absolute atomic E-state index is 0.0981. The normalized spacial score (nSPS) is 32.0. The van der Waals surface area contributed by atoms with Gasteiger partial charge in [-0.25, -0.2) is 8.42 Å². The summed E-state index contributed by atoms with van der Waals surface area (Å²) < 4.78 is 21.8. The van der Waals surface area contributed by atoms with Gasteiger partial charge in [-0.05, 0) is 6.42 Å². The van der Waals surface area contributed by atoms with Crippen molar-refractivity contribution in [3.63, 3.8) is 0 Å². The van der Waals surface area contributed by atoms with Crippen molar-refractivity contribution in [2.45, 2.75) is 12.5 Å². The summed E-state index contributed by atoms with van der Waals surface area (Å²) in [4.78, 5) is 0. The van der Waals surface area contributed by atoms with E-state index >= 15 is 0 Å². The molecule has 11 heavy (non-hydrogen) atoms. The van der Waals surface area contributed by atoms with E-state index in [1.807, 2.05) is 0 Å². The van der Waals surface area contributed by atoms with E-state index in [1.165, 1.54) is 0 Å². The Morgan fingerprint density at radius 1 is 1.64 bits per heavy atom. The maximum absolute atomic E-state index is 10.9. The fourth-order valence-corrected chi connectivity index (χ4v) is 3.37. The maximum atomic E-state index is 10.9. The Labute approximate surface area is 71.3 Å². The molecule has 0 bridgehead atoms. The summed E-state index contributed by atoms with van der Waals surface area (Å²) in [6.45, 7) is 0. The summed E-state index contributed by atoms with van der Waals surface area (Å²) >= 11 is 5.38. The third-order valence-corrected chi connectivity index (χ3v) is 4.08. The highest BCUT2D eigenvalue weighted by Crippen LogP contribution is 2.22. The molecule has 66 valence electrons. The van der Waals surface area contributed by atoms with Crippen LogP contribution in [0.1, 0.15) is 6.42 Å². The molecule has 1 aliphatic rings. The fraction of sp³-hybridized carbons (Fsp3) is 1.00. The first kappa shape index (κ1) is 9.29. The number of rotatable bonds is 2. The molecule has 1 saturated heterocycles. The van der Waals surface area contributed by atoms with Gasteiger partial charge in [0.05, 0.1) is 17.6 Å². The first-order chi connectivity index (χ1) is 5.05. The Kier molecular flexibility index (Phi) is 2.78. The summed E-state index contributed by atoms with van der Waals surface area (Å²) in [5.74, 6) is 0.282. The molecular formula is C6H11ClO3S. The summed E-state index contributed by atoms with van der Waals surface area (Å²) in [5.41, 5.74) is 0. The van der Waals surface area contributed by atoms with Gasteiger partial charge in [0.15, 0.2) is 9.84 Å². The quantitative estimate of drug-likeness (QED) is 0.637. The van der Waals surface area contributed by atoms with Crippen LogP contribution in [0.5, 0.6) is 0 Å². The second-order valence-corrected chi connectivity index (χ2v) is 5.42. The van der Waals surface area contributed by atoms with Gasteiger partial charge in [0.2, 0.25) is 0 Å². The Bertz CT molecular complexity index is 224. The number of halogens is 1. The number of aliphatic hydroxyl groups is 1. The lowest BCUT2D eigenvalue weighted by Crippen LogP contribution is -2.22. The number of aliphatic hydroxyl groups excluding tert-OH is 1. The largest absolute Gasteiger partial charge is 0.392 e. The highest BCUT2D eigenvalue weighted by molar-refractivity contribution is 7.91. The van der Waals surface area contributed by atoms with E-state index in [1.54, 1.807) is 0 Å². The van der Waals surface area contributed by atoms with Crippen LogP contribution >= 0.6 is 11.6 Å². The topological polar surface area (TPSA) is 54.4 Å². The van der Waals surface area contributed by atoms with Gasteiger partial charge in [0.25, 0.3) is 0 Å². The van der Waals surface area contributed by atoms with Crippen molar-refractivity contribution in [3.8, 4) is 0 Å². The minimum atomic E-state index is -2.87. The molecule has 2 atom stereocenters. The lowest BCUT2D eigenvalue weighted by atomic mass is 10.0. The standard InChI is InChI=1S/C6H11ClO3S/c7-3-6(8)5-1-2-11(9,10)4-5/h5-6,8H,1-4H2. The van der Waals surface area contributed by atoms with E-state index in [0.717, 1.165) is 0 Å². The molecule has 1 heterocycles. The summed E-state index contributed by atoms with van der Waals surface area (Å²) in [6, 6.07) is 0. The van der Waals surface area contributed by atoms with Gasteiger partial charge in [-0.15, -0.1) is 11.6 Å². The first-order valence-electron chi connectivity index (χ1n) is 3.49. The van der Waals surface area contributed by atoms with Crippen molar-refractivity contribution >= 4 is 21.4 Å². The molecule has 0 radical (unpaired) electrons. The lowest BCUT2D eigenvalue weighted by Gasteiger charge is -2.11. The minimum Gasteiger partial charge on any atom is -0.392 e. The predicted molar refractivity (Wildman–Crippen MR) is 43.5 cm³/mol. The summed E-state index contributed by atoms with van der Waals surface area (Å²) in [7, 11) is -2.87. The number of alkyl halides is 1. The van der Waals surface area contributed by atoms with Crippen LogP contribution in [-0.2, 0) is 9.84 Å². The number of hydrogen-bond donors (Lipinski definition) is 1. The van der Waals surface area contributed by atoms with Gasteiger partial charge in [-0.1, -0.05) is 0 Å². The Balaban J connectivity index is 2.55. The molecule has 0 aromatic carbocycles. The fourth-order valence-electron chi connectivity index (χ4n) is 1.25. The molecule has 0 saturated carbocycles. The Hall–Kier alpha value is 0.200. The van der Waals surface area contributed by atoms with E-state index in [0.29, 0.717) is 6.42 Å². The number of sulfone groups is 1. The Morgan fingerprint density at radius 2 is 2.27 bits per heavy atom. The zero-order valence-electron chi connectivity index (χ0n) is 6.03. The second kappa shape index (κ2) is 3.29. The van der Waals surface area contributed by atoms with E-state index in [4.69, 9.17) is 11.6 Å². The van der Waals surface area contributed by atoms with Crippen LogP contribution in [0.15, 0.2) is 0 Å². The van der Waals surface area contributed by atoms with E-state index in [9.17, 15) is 13.5 Å². The van der Waals surface area contributed by atoms with Crippen LogP contribution in [0, 0.1) is 5.92 Å². The maximum Gasteiger partial charge on any atom is 0.150 e. The average molecular weight is 199 g/mol. The monoisotopic (exact) mass is 198 g/mol. The molecule has 0 amide bonds. The average Bonchev–Trinajstić information content (AvgIpc) is 2.29. The molecule has 1 aliphatic heterocycles. The van der Waals surface area contributed by atoms with Crippen LogP contribution in [0.3, 0.4) is 0 Å². The van der Waals surface area contributed by atoms with Crippen molar-refractivity contribution < 1.29 is 13.5 Å². The zero-order chi connectivity index (χ0) is 8.48. The van der Waals surface area contributed by atoms with Gasteiger partial charge in [0.1, 0.15) is 0 Å². The molecule has 2 unspecified atom stereocenters. The molecule has 0 spiro atoms. The van der Waals surface area contributed by atoms with Crippen LogP contribution < -0.4 is 0 Å². The third-order valence-electron chi connectivity index (χ3n) is 1.97. The van der Waals surface area contributed by atoms with Gasteiger partial charge < -0.3 is 5.11 Å².